The number of hydrogen-bond donors (Lipinski definition) is 1. The van der Waals surface area contributed by atoms with E-state index in [1.165, 1.54) is 25.1 Å². The van der Waals surface area contributed by atoms with E-state index in [4.69, 9.17) is 5.73 Å². The first kappa shape index (κ1) is 21.0. The second kappa shape index (κ2) is 6.69. The number of hydrogen-bond acceptors (Lipinski definition) is 2. The van der Waals surface area contributed by atoms with Crippen molar-refractivity contribution in [1.82, 2.24) is 0 Å². The molecule has 1 aliphatic rings. The van der Waals surface area contributed by atoms with E-state index in [1.54, 1.807) is 0 Å². The molecule has 1 aliphatic heterocycles. The maximum atomic E-state index is 5.96. The molecule has 0 amide bonds. The standard InChI is InChI=1S/C19H40N2Si4/c1-22(2,3)25(23(4,5)6,24(7,8)9)19-11-10-16-21(19)18-14-12-17(20)13-15-18/h12-15,19H,10-11,16,20H2,1-9H3. The van der Waals surface area contributed by atoms with E-state index in [9.17, 15) is 0 Å². The molecule has 1 saturated heterocycles. The van der Waals surface area contributed by atoms with Gasteiger partial charge in [0.15, 0.2) is 0 Å². The van der Waals surface area contributed by atoms with Gasteiger partial charge in [-0.3, -0.25) is 0 Å². The van der Waals surface area contributed by atoms with Gasteiger partial charge in [0, 0.05) is 46.4 Å². The fourth-order valence-electron chi connectivity index (χ4n) is 7.07. The third kappa shape index (κ3) is 3.47. The summed E-state index contributed by atoms with van der Waals surface area (Å²) in [6.45, 7) is 24.3. The normalized spacial score (nSPS) is 20.2. The molecule has 1 unspecified atom stereocenters. The Morgan fingerprint density at radius 2 is 1.24 bits per heavy atom. The quantitative estimate of drug-likeness (QED) is 0.516. The minimum absolute atomic E-state index is 0.848. The molecule has 1 aromatic carbocycles. The number of nitrogens with zero attached hydrogens (tertiary/aromatic N) is 1. The highest BCUT2D eigenvalue weighted by molar-refractivity contribution is 7.89. The van der Waals surface area contributed by atoms with E-state index in [2.05, 4.69) is 88.1 Å². The predicted octanol–water partition coefficient (Wildman–Crippen LogP) is 5.48. The van der Waals surface area contributed by atoms with Crippen molar-refractivity contribution in [1.29, 1.82) is 0 Å². The van der Waals surface area contributed by atoms with Gasteiger partial charge in [0.1, 0.15) is 0 Å². The molecule has 1 aromatic rings. The first-order chi connectivity index (χ1) is 11.2. The SMILES string of the molecule is C[Si](C)(C)[Si](C1CCCN1c1ccc(N)cc1)([Si](C)(C)C)[Si](C)(C)C. The first-order valence-electron chi connectivity index (χ1n) is 9.85. The molecule has 1 atom stereocenters. The van der Waals surface area contributed by atoms with Gasteiger partial charge in [0.25, 0.3) is 0 Å². The third-order valence-electron chi connectivity index (χ3n) is 6.53. The number of anilines is 2. The molecule has 2 N–H and O–H groups in total. The molecule has 6 heteroatoms. The molecule has 142 valence electrons. The zero-order valence-electron chi connectivity index (χ0n) is 18.0. The van der Waals surface area contributed by atoms with Crippen LogP contribution in [-0.2, 0) is 0 Å². The van der Waals surface area contributed by atoms with Gasteiger partial charge in [-0.2, -0.15) is 0 Å². The lowest BCUT2D eigenvalue weighted by Crippen LogP contribution is -2.89. The van der Waals surface area contributed by atoms with Gasteiger partial charge in [-0.15, -0.1) is 0 Å². The predicted molar refractivity (Wildman–Crippen MR) is 127 cm³/mol. The van der Waals surface area contributed by atoms with Gasteiger partial charge in [-0.25, -0.2) is 0 Å². The molecule has 1 heterocycles. The molecule has 1 fully saturated rings. The third-order valence-corrected chi connectivity index (χ3v) is 80.0. The zero-order valence-corrected chi connectivity index (χ0v) is 22.0. The molecule has 2 rings (SSSR count). The van der Waals surface area contributed by atoms with Crippen molar-refractivity contribution in [3.05, 3.63) is 24.3 Å². The average molecular weight is 409 g/mol. The molecule has 0 saturated carbocycles. The number of nitrogen functional groups attached to an aromatic ring is 1. The van der Waals surface area contributed by atoms with E-state index in [-0.39, 0.29) is 0 Å². The van der Waals surface area contributed by atoms with Crippen molar-refractivity contribution < 1.29 is 0 Å². The van der Waals surface area contributed by atoms with Crippen molar-refractivity contribution in [3.8, 4) is 0 Å². The van der Waals surface area contributed by atoms with E-state index in [0.29, 0.717) is 0 Å². The van der Waals surface area contributed by atoms with Crippen molar-refractivity contribution in [2.75, 3.05) is 17.2 Å². The summed E-state index contributed by atoms with van der Waals surface area (Å²) >= 11 is 0. The van der Waals surface area contributed by atoms with Crippen LogP contribution in [0.2, 0.25) is 58.9 Å². The summed E-state index contributed by atoms with van der Waals surface area (Å²) in [6.07, 6.45) is 2.79. The largest absolute Gasteiger partial charge is 0.399 e. The fraction of sp³-hybridized carbons (Fsp3) is 0.684. The molecule has 0 aliphatic carbocycles. The Bertz CT molecular complexity index is 558. The van der Waals surface area contributed by atoms with Crippen LogP contribution in [0, 0.1) is 0 Å². The lowest BCUT2D eigenvalue weighted by Gasteiger charge is -2.62. The van der Waals surface area contributed by atoms with E-state index < -0.39 is 29.4 Å². The number of rotatable bonds is 5. The summed E-state index contributed by atoms with van der Waals surface area (Å²) in [5, 5.41) is 0. The highest BCUT2D eigenvalue weighted by atomic mass is 29.9. The zero-order chi connectivity index (χ0) is 19.3. The van der Waals surface area contributed by atoms with Gasteiger partial charge in [-0.05, 0) is 37.1 Å². The smallest absolute Gasteiger partial charge is 0.0631 e. The highest BCUT2D eigenvalue weighted by Crippen LogP contribution is 2.45. The average Bonchev–Trinajstić information content (AvgIpc) is 2.84. The Kier molecular flexibility index (Phi) is 5.62. The van der Waals surface area contributed by atoms with Crippen molar-refractivity contribution >= 4 is 40.8 Å². The lowest BCUT2D eigenvalue weighted by molar-refractivity contribution is 0.864. The summed E-state index contributed by atoms with van der Waals surface area (Å²) in [7, 11) is -3.79. The lowest BCUT2D eigenvalue weighted by atomic mass is 10.2. The molecule has 25 heavy (non-hydrogen) atoms. The maximum absolute atomic E-state index is 5.96. The maximum Gasteiger partial charge on any atom is 0.0631 e. The van der Waals surface area contributed by atoms with E-state index >= 15 is 0 Å². The Morgan fingerprint density at radius 1 is 0.800 bits per heavy atom. The summed E-state index contributed by atoms with van der Waals surface area (Å²) < 4.78 is 0. The van der Waals surface area contributed by atoms with Crippen molar-refractivity contribution in [3.63, 3.8) is 0 Å². The van der Waals surface area contributed by atoms with E-state index in [1.807, 2.05) is 0 Å². The molecule has 0 bridgehead atoms. The van der Waals surface area contributed by atoms with Gasteiger partial charge < -0.3 is 10.6 Å². The number of benzene rings is 1. The van der Waals surface area contributed by atoms with Crippen LogP contribution >= 0.6 is 0 Å². The summed E-state index contributed by atoms with van der Waals surface area (Å²) in [4.78, 5) is 2.83. The van der Waals surface area contributed by atoms with Crippen molar-refractivity contribution in [2.45, 2.75) is 77.4 Å². The molecular formula is C19H40N2Si4. The van der Waals surface area contributed by atoms with Crippen LogP contribution in [0.15, 0.2) is 24.3 Å². The van der Waals surface area contributed by atoms with Gasteiger partial charge in [0.05, 0.1) is 6.63 Å². The van der Waals surface area contributed by atoms with Crippen LogP contribution in [0.4, 0.5) is 11.4 Å². The second-order valence-electron chi connectivity index (χ2n) is 11.0. The second-order valence-corrected chi connectivity index (χ2v) is 51.9. The molecular weight excluding hydrogens is 369 g/mol. The minimum atomic E-state index is -1.42. The summed E-state index contributed by atoms with van der Waals surface area (Å²) in [5.41, 5.74) is 9.11. The Morgan fingerprint density at radius 3 is 1.64 bits per heavy atom. The van der Waals surface area contributed by atoms with Crippen LogP contribution in [0.5, 0.6) is 0 Å². The van der Waals surface area contributed by atoms with Gasteiger partial charge in [-0.1, -0.05) is 58.9 Å². The van der Waals surface area contributed by atoms with Gasteiger partial charge in [0.2, 0.25) is 0 Å². The monoisotopic (exact) mass is 408 g/mol. The minimum Gasteiger partial charge on any atom is -0.399 e. The van der Waals surface area contributed by atoms with Crippen LogP contribution in [0.25, 0.3) is 0 Å². The van der Waals surface area contributed by atoms with Crippen LogP contribution in [-0.4, -0.2) is 41.6 Å². The highest BCUT2D eigenvalue weighted by Gasteiger charge is 2.66. The Hall–Kier alpha value is -0.312. The van der Waals surface area contributed by atoms with E-state index in [0.717, 1.165) is 11.4 Å². The molecule has 2 nitrogen and oxygen atoms in total. The topological polar surface area (TPSA) is 29.3 Å². The molecule has 0 radical (unpaired) electrons. The van der Waals surface area contributed by atoms with Crippen molar-refractivity contribution in [2.24, 2.45) is 0 Å². The Balaban J connectivity index is 2.66. The van der Waals surface area contributed by atoms with Crippen LogP contribution in [0.1, 0.15) is 12.8 Å². The number of nitrogens with two attached hydrogens (primary N) is 1. The first-order valence-corrected chi connectivity index (χ1v) is 25.4. The van der Waals surface area contributed by atoms with Gasteiger partial charge >= 0.3 is 0 Å². The fourth-order valence-corrected chi connectivity index (χ4v) is 111. The summed E-state index contributed by atoms with van der Waals surface area (Å²) in [6, 6.07) is 8.72. The van der Waals surface area contributed by atoms with Crippen LogP contribution < -0.4 is 10.6 Å². The molecule has 0 spiro atoms. The van der Waals surface area contributed by atoms with Crippen LogP contribution in [0.3, 0.4) is 0 Å². The summed E-state index contributed by atoms with van der Waals surface area (Å²) in [5.74, 6) is 0. The Labute approximate surface area is 159 Å². The molecule has 0 aromatic heterocycles.